The first-order valence-electron chi connectivity index (χ1n) is 8.63. The number of carbonyl (C=O) groups is 1. The molecule has 0 radical (unpaired) electrons. The normalized spacial score (nSPS) is 17.1. The molecule has 1 amide bonds. The van der Waals surface area contributed by atoms with Crippen LogP contribution in [0, 0.1) is 5.92 Å². The predicted octanol–water partition coefficient (Wildman–Crippen LogP) is 3.86. The Hall–Kier alpha value is -1.94. The second-order valence-corrected chi connectivity index (χ2v) is 6.59. The summed E-state index contributed by atoms with van der Waals surface area (Å²) in [6.07, 6.45) is 10.1. The molecule has 1 fully saturated rings. The summed E-state index contributed by atoms with van der Waals surface area (Å²) < 4.78 is 0. The molecule has 3 rings (SSSR count). The first-order chi connectivity index (χ1) is 11.2. The lowest BCUT2D eigenvalue weighted by molar-refractivity contribution is -0.117. The molecule has 1 aliphatic rings. The number of hydrogen-bond acceptors (Lipinski definition) is 3. The molecule has 4 heteroatoms. The van der Waals surface area contributed by atoms with Crippen molar-refractivity contribution >= 4 is 22.5 Å². The first-order valence-corrected chi connectivity index (χ1v) is 8.63. The average Bonchev–Trinajstić information content (AvgIpc) is 2.60. The Labute approximate surface area is 137 Å². The Balaban J connectivity index is 1.54. The van der Waals surface area contributed by atoms with Crippen LogP contribution < -0.4 is 11.1 Å². The highest BCUT2D eigenvalue weighted by Gasteiger charge is 2.18. The maximum atomic E-state index is 12.3. The summed E-state index contributed by atoms with van der Waals surface area (Å²) in [5, 5.41) is 3.91. The number of hydrogen-bond donors (Lipinski definition) is 2. The fraction of sp³-hybridized carbons (Fsp3) is 0.474. The van der Waals surface area contributed by atoms with Gasteiger partial charge in [-0.15, -0.1) is 0 Å². The van der Waals surface area contributed by atoms with Crippen LogP contribution in [0.15, 0.2) is 36.5 Å². The molecule has 0 aliphatic heterocycles. The monoisotopic (exact) mass is 311 g/mol. The summed E-state index contributed by atoms with van der Waals surface area (Å²) in [7, 11) is 0. The first kappa shape index (κ1) is 15.9. The summed E-state index contributed by atoms with van der Waals surface area (Å²) >= 11 is 0. The number of anilines is 1. The summed E-state index contributed by atoms with van der Waals surface area (Å²) in [6.45, 7) is 0. The van der Waals surface area contributed by atoms with Crippen LogP contribution in [0.2, 0.25) is 0 Å². The Morgan fingerprint density at radius 3 is 2.87 bits per heavy atom. The number of aromatic nitrogens is 1. The molecule has 1 aliphatic carbocycles. The second-order valence-electron chi connectivity index (χ2n) is 6.59. The van der Waals surface area contributed by atoms with Gasteiger partial charge in [0.25, 0.3) is 0 Å². The Morgan fingerprint density at radius 1 is 1.26 bits per heavy atom. The molecule has 0 bridgehead atoms. The molecule has 122 valence electrons. The van der Waals surface area contributed by atoms with E-state index in [0.717, 1.165) is 29.7 Å². The summed E-state index contributed by atoms with van der Waals surface area (Å²) in [6, 6.07) is 9.36. The van der Waals surface area contributed by atoms with Crippen LogP contribution >= 0.6 is 0 Å². The van der Waals surface area contributed by atoms with E-state index >= 15 is 0 Å². The highest BCUT2D eigenvalue weighted by atomic mass is 16.2. The van der Waals surface area contributed by atoms with E-state index in [1.54, 1.807) is 6.20 Å². The van der Waals surface area contributed by atoms with Crippen LogP contribution in [0.4, 0.5) is 5.69 Å². The van der Waals surface area contributed by atoms with Gasteiger partial charge in [-0.1, -0.05) is 50.3 Å². The minimum atomic E-state index is -0.441. The van der Waals surface area contributed by atoms with E-state index in [2.05, 4.69) is 10.3 Å². The number of nitrogens with two attached hydrogens (primary N) is 1. The van der Waals surface area contributed by atoms with Crippen LogP contribution in [0.5, 0.6) is 0 Å². The third-order valence-corrected chi connectivity index (χ3v) is 4.81. The highest BCUT2D eigenvalue weighted by Crippen LogP contribution is 2.27. The largest absolute Gasteiger partial charge is 0.323 e. The number of rotatable bonds is 5. The van der Waals surface area contributed by atoms with Gasteiger partial charge in [-0.2, -0.15) is 0 Å². The number of amides is 1. The maximum Gasteiger partial charge on any atom is 0.241 e. The van der Waals surface area contributed by atoms with Gasteiger partial charge < -0.3 is 11.1 Å². The third-order valence-electron chi connectivity index (χ3n) is 4.81. The van der Waals surface area contributed by atoms with E-state index in [0.29, 0.717) is 5.69 Å². The van der Waals surface area contributed by atoms with Crippen LogP contribution in [-0.2, 0) is 4.79 Å². The molecule has 1 aromatic heterocycles. The Bertz CT molecular complexity index is 664. The van der Waals surface area contributed by atoms with Crippen molar-refractivity contribution in [2.24, 2.45) is 11.7 Å². The molecule has 1 atom stereocenters. The minimum absolute atomic E-state index is 0.113. The van der Waals surface area contributed by atoms with Crippen molar-refractivity contribution in [3.63, 3.8) is 0 Å². The molecule has 1 aromatic carbocycles. The van der Waals surface area contributed by atoms with E-state index in [9.17, 15) is 4.79 Å². The number of benzene rings is 1. The zero-order valence-corrected chi connectivity index (χ0v) is 13.5. The van der Waals surface area contributed by atoms with Gasteiger partial charge in [-0.3, -0.25) is 9.78 Å². The minimum Gasteiger partial charge on any atom is -0.323 e. The second kappa shape index (κ2) is 7.55. The fourth-order valence-electron chi connectivity index (χ4n) is 3.40. The molecular weight excluding hydrogens is 286 g/mol. The van der Waals surface area contributed by atoms with Crippen molar-refractivity contribution in [3.8, 4) is 0 Å². The van der Waals surface area contributed by atoms with Gasteiger partial charge >= 0.3 is 0 Å². The Morgan fingerprint density at radius 2 is 2.04 bits per heavy atom. The number of nitrogens with zero attached hydrogens (tertiary/aromatic N) is 1. The zero-order valence-electron chi connectivity index (χ0n) is 13.5. The van der Waals surface area contributed by atoms with Gasteiger partial charge in [0.2, 0.25) is 5.91 Å². The van der Waals surface area contributed by atoms with Gasteiger partial charge in [-0.05, 0) is 30.9 Å². The fourth-order valence-corrected chi connectivity index (χ4v) is 3.40. The quantitative estimate of drug-likeness (QED) is 0.881. The topological polar surface area (TPSA) is 68.0 Å². The summed E-state index contributed by atoms with van der Waals surface area (Å²) in [5.41, 5.74) is 7.70. The third kappa shape index (κ3) is 4.29. The van der Waals surface area contributed by atoms with Gasteiger partial charge in [0.15, 0.2) is 0 Å². The zero-order chi connectivity index (χ0) is 16.1. The van der Waals surface area contributed by atoms with E-state index in [-0.39, 0.29) is 5.91 Å². The van der Waals surface area contributed by atoms with Gasteiger partial charge in [-0.25, -0.2) is 0 Å². The lowest BCUT2D eigenvalue weighted by Gasteiger charge is -2.22. The van der Waals surface area contributed by atoms with E-state index in [1.165, 1.54) is 32.1 Å². The van der Waals surface area contributed by atoms with Crippen molar-refractivity contribution in [2.75, 3.05) is 5.32 Å². The van der Waals surface area contributed by atoms with Gasteiger partial charge in [0.1, 0.15) is 0 Å². The molecule has 0 saturated heterocycles. The average molecular weight is 311 g/mol. The molecule has 2 aromatic rings. The molecule has 0 spiro atoms. The lowest BCUT2D eigenvalue weighted by Crippen LogP contribution is -2.36. The van der Waals surface area contributed by atoms with Crippen molar-refractivity contribution in [1.82, 2.24) is 4.98 Å². The SMILES string of the molecule is N[C@@H](CCC1CCCCC1)C(=O)Nc1cnc2ccccc2c1. The maximum absolute atomic E-state index is 12.3. The van der Waals surface area contributed by atoms with E-state index in [1.807, 2.05) is 30.3 Å². The predicted molar refractivity (Wildman–Crippen MR) is 94.2 cm³/mol. The lowest BCUT2D eigenvalue weighted by atomic mass is 9.85. The molecule has 23 heavy (non-hydrogen) atoms. The van der Waals surface area contributed by atoms with Crippen LogP contribution in [0.25, 0.3) is 10.9 Å². The van der Waals surface area contributed by atoms with Gasteiger partial charge in [0, 0.05) is 5.39 Å². The van der Waals surface area contributed by atoms with Crippen LogP contribution in [-0.4, -0.2) is 16.9 Å². The molecule has 1 saturated carbocycles. The van der Waals surface area contributed by atoms with Crippen LogP contribution in [0.1, 0.15) is 44.9 Å². The molecule has 3 N–H and O–H groups in total. The molecule has 0 unspecified atom stereocenters. The van der Waals surface area contributed by atoms with Crippen molar-refractivity contribution in [1.29, 1.82) is 0 Å². The van der Waals surface area contributed by atoms with E-state index < -0.39 is 6.04 Å². The Kier molecular flexibility index (Phi) is 5.23. The molecule has 4 nitrogen and oxygen atoms in total. The van der Waals surface area contributed by atoms with Crippen molar-refractivity contribution in [3.05, 3.63) is 36.5 Å². The molecule has 1 heterocycles. The van der Waals surface area contributed by atoms with Crippen LogP contribution in [0.3, 0.4) is 0 Å². The van der Waals surface area contributed by atoms with Gasteiger partial charge in [0.05, 0.1) is 23.4 Å². The summed E-state index contributed by atoms with van der Waals surface area (Å²) in [4.78, 5) is 16.6. The highest BCUT2D eigenvalue weighted by molar-refractivity contribution is 5.96. The standard InChI is InChI=1S/C19H25N3O/c20-17(11-10-14-6-2-1-3-7-14)19(23)22-16-12-15-8-4-5-9-18(15)21-13-16/h4-5,8-9,12-14,17H,1-3,6-7,10-11,20H2,(H,22,23)/t17-/m0/s1. The van der Waals surface area contributed by atoms with E-state index in [4.69, 9.17) is 5.73 Å². The number of nitrogens with one attached hydrogen (secondary N) is 1. The van der Waals surface area contributed by atoms with Crippen molar-refractivity contribution in [2.45, 2.75) is 51.0 Å². The summed E-state index contributed by atoms with van der Waals surface area (Å²) in [5.74, 6) is 0.642. The molecular formula is C19H25N3O. The number of fused-ring (bicyclic) bond motifs is 1. The number of pyridine rings is 1. The van der Waals surface area contributed by atoms with Crippen molar-refractivity contribution < 1.29 is 4.79 Å². The smallest absolute Gasteiger partial charge is 0.241 e. The number of carbonyl (C=O) groups excluding carboxylic acids is 1. The number of para-hydroxylation sites is 1.